The van der Waals surface area contributed by atoms with Crippen LogP contribution in [-0.2, 0) is 10.1 Å². The molecule has 0 aromatic heterocycles. The van der Waals surface area contributed by atoms with Crippen molar-refractivity contribution in [2.75, 3.05) is 0 Å². The Bertz CT molecular complexity index is 395. The molecule has 2 atom stereocenters. The lowest BCUT2D eigenvalue weighted by Crippen LogP contribution is -2.20. The Hall–Kier alpha value is -0.130. The fourth-order valence-electron chi connectivity index (χ4n) is 3.46. The molecule has 2 unspecified atom stereocenters. The van der Waals surface area contributed by atoms with E-state index in [0.717, 1.165) is 64.2 Å². The first-order chi connectivity index (χ1) is 12.4. The van der Waals surface area contributed by atoms with E-state index in [2.05, 4.69) is 13.8 Å². The second-order valence-electron chi connectivity index (χ2n) is 7.83. The molecule has 0 saturated heterocycles. The van der Waals surface area contributed by atoms with Gasteiger partial charge in [0.15, 0.2) is 0 Å². The molecule has 0 heterocycles. The lowest BCUT2D eigenvalue weighted by molar-refractivity contribution is 0.148. The zero-order valence-electron chi connectivity index (χ0n) is 17.3. The lowest BCUT2D eigenvalue weighted by atomic mass is 10.0. The molecule has 4 nitrogen and oxygen atoms in total. The van der Waals surface area contributed by atoms with Crippen LogP contribution in [0.5, 0.6) is 0 Å². The molecule has 26 heavy (non-hydrogen) atoms. The quantitative estimate of drug-likeness (QED) is 0.200. The van der Waals surface area contributed by atoms with Crippen LogP contribution in [0.3, 0.4) is 0 Å². The number of unbranched alkanes of at least 4 members (excludes halogenated alkanes) is 10. The lowest BCUT2D eigenvalue weighted by Gasteiger charge is -2.14. The van der Waals surface area contributed by atoms with Gasteiger partial charge in [-0.3, -0.25) is 4.55 Å². The van der Waals surface area contributed by atoms with Crippen LogP contribution in [0, 0.1) is 0 Å². The van der Waals surface area contributed by atoms with E-state index in [1.165, 1.54) is 32.1 Å². The molecule has 0 saturated carbocycles. The third-order valence-electron chi connectivity index (χ3n) is 5.26. The second kappa shape index (κ2) is 17.0. The Morgan fingerprint density at radius 3 is 1.50 bits per heavy atom. The molecule has 0 aromatic rings. The molecule has 0 bridgehead atoms. The summed E-state index contributed by atoms with van der Waals surface area (Å²) in [7, 11) is -3.93. The van der Waals surface area contributed by atoms with Crippen LogP contribution in [0.15, 0.2) is 0 Å². The Labute approximate surface area is 162 Å². The summed E-state index contributed by atoms with van der Waals surface area (Å²) in [6.07, 6.45) is 16.9. The largest absolute Gasteiger partial charge is 0.393 e. The van der Waals surface area contributed by atoms with Gasteiger partial charge in [0.2, 0.25) is 0 Å². The molecule has 0 radical (unpaired) electrons. The van der Waals surface area contributed by atoms with Gasteiger partial charge in [0.05, 0.1) is 11.4 Å². The smallest absolute Gasteiger partial charge is 0.267 e. The van der Waals surface area contributed by atoms with Crippen molar-refractivity contribution < 1.29 is 18.1 Å². The van der Waals surface area contributed by atoms with Crippen LogP contribution in [0.2, 0.25) is 0 Å². The van der Waals surface area contributed by atoms with Crippen molar-refractivity contribution in [1.29, 1.82) is 0 Å². The van der Waals surface area contributed by atoms with Gasteiger partial charge in [0.1, 0.15) is 0 Å². The highest BCUT2D eigenvalue weighted by atomic mass is 32.2. The van der Waals surface area contributed by atoms with Gasteiger partial charge in [-0.05, 0) is 25.7 Å². The maximum atomic E-state index is 11.6. The van der Waals surface area contributed by atoms with Crippen LogP contribution in [0.25, 0.3) is 0 Å². The topological polar surface area (TPSA) is 74.6 Å². The highest BCUT2D eigenvalue weighted by Crippen LogP contribution is 2.19. The van der Waals surface area contributed by atoms with Crippen LogP contribution >= 0.6 is 0 Å². The first-order valence-electron chi connectivity index (χ1n) is 11.1. The molecule has 0 fully saturated rings. The van der Waals surface area contributed by atoms with Crippen molar-refractivity contribution in [3.63, 3.8) is 0 Å². The van der Waals surface area contributed by atoms with E-state index < -0.39 is 15.4 Å². The summed E-state index contributed by atoms with van der Waals surface area (Å²) in [6, 6.07) is 0. The SMILES string of the molecule is CCCCCCCCCCC(CCCCCC(O)CCCC)S(=O)(=O)O. The summed E-state index contributed by atoms with van der Waals surface area (Å²) in [5.41, 5.74) is 0. The molecule has 0 amide bonds. The predicted octanol–water partition coefficient (Wildman–Crippen LogP) is 6.28. The molecule has 5 heteroatoms. The zero-order valence-corrected chi connectivity index (χ0v) is 18.1. The van der Waals surface area contributed by atoms with Crippen LogP contribution < -0.4 is 0 Å². The summed E-state index contributed by atoms with van der Waals surface area (Å²) < 4.78 is 32.6. The third kappa shape index (κ3) is 16.1. The van der Waals surface area contributed by atoms with E-state index >= 15 is 0 Å². The van der Waals surface area contributed by atoms with Gasteiger partial charge >= 0.3 is 0 Å². The minimum Gasteiger partial charge on any atom is -0.393 e. The summed E-state index contributed by atoms with van der Waals surface area (Å²) >= 11 is 0. The minimum absolute atomic E-state index is 0.218. The van der Waals surface area contributed by atoms with E-state index in [1.54, 1.807) is 0 Å². The van der Waals surface area contributed by atoms with Gasteiger partial charge in [-0.25, -0.2) is 0 Å². The number of hydrogen-bond donors (Lipinski definition) is 2. The van der Waals surface area contributed by atoms with E-state index in [0.29, 0.717) is 12.8 Å². The molecular formula is C21H44O4S. The number of rotatable bonds is 19. The molecule has 0 aliphatic rings. The first-order valence-corrected chi connectivity index (χ1v) is 12.6. The highest BCUT2D eigenvalue weighted by molar-refractivity contribution is 7.86. The third-order valence-corrected chi connectivity index (χ3v) is 6.57. The average Bonchev–Trinajstić information content (AvgIpc) is 2.59. The second-order valence-corrected chi connectivity index (χ2v) is 9.53. The fraction of sp³-hybridized carbons (Fsp3) is 1.00. The number of hydrogen-bond acceptors (Lipinski definition) is 3. The molecule has 158 valence electrons. The van der Waals surface area contributed by atoms with Gasteiger partial charge < -0.3 is 5.11 Å². The maximum Gasteiger partial charge on any atom is 0.267 e. The van der Waals surface area contributed by atoms with Crippen molar-refractivity contribution in [3.05, 3.63) is 0 Å². The molecule has 0 aliphatic carbocycles. The van der Waals surface area contributed by atoms with E-state index in [1.807, 2.05) is 0 Å². The van der Waals surface area contributed by atoms with Crippen LogP contribution in [0.1, 0.15) is 123 Å². The van der Waals surface area contributed by atoms with Crippen molar-refractivity contribution in [3.8, 4) is 0 Å². The Balaban J connectivity index is 3.81. The van der Waals surface area contributed by atoms with Gasteiger partial charge in [-0.1, -0.05) is 97.3 Å². The summed E-state index contributed by atoms with van der Waals surface area (Å²) in [5, 5.41) is 9.21. The summed E-state index contributed by atoms with van der Waals surface area (Å²) in [4.78, 5) is 0. The molecule has 0 spiro atoms. The van der Waals surface area contributed by atoms with Crippen LogP contribution in [-0.4, -0.2) is 29.4 Å². The fourth-order valence-corrected chi connectivity index (χ4v) is 4.39. The summed E-state index contributed by atoms with van der Waals surface area (Å²) in [5.74, 6) is 0. The van der Waals surface area contributed by atoms with Crippen molar-refractivity contribution in [2.24, 2.45) is 0 Å². The first kappa shape index (κ1) is 25.9. The van der Waals surface area contributed by atoms with E-state index in [4.69, 9.17) is 0 Å². The van der Waals surface area contributed by atoms with Crippen molar-refractivity contribution >= 4 is 10.1 Å². The number of aliphatic hydroxyl groups excluding tert-OH is 1. The predicted molar refractivity (Wildman–Crippen MR) is 111 cm³/mol. The Morgan fingerprint density at radius 2 is 1.00 bits per heavy atom. The molecule has 0 rings (SSSR count). The molecule has 2 N–H and O–H groups in total. The molecule has 0 aliphatic heterocycles. The Morgan fingerprint density at radius 1 is 0.615 bits per heavy atom. The van der Waals surface area contributed by atoms with E-state index in [9.17, 15) is 18.1 Å². The normalized spacial score (nSPS) is 14.5. The molecular weight excluding hydrogens is 348 g/mol. The molecule has 0 aromatic carbocycles. The van der Waals surface area contributed by atoms with Gasteiger partial charge in [-0.2, -0.15) is 8.42 Å². The maximum absolute atomic E-state index is 11.6. The van der Waals surface area contributed by atoms with Crippen molar-refractivity contribution in [2.45, 2.75) is 134 Å². The average molecular weight is 393 g/mol. The van der Waals surface area contributed by atoms with Crippen molar-refractivity contribution in [1.82, 2.24) is 0 Å². The zero-order chi connectivity index (χ0) is 19.7. The minimum atomic E-state index is -3.93. The number of aliphatic hydroxyl groups is 1. The monoisotopic (exact) mass is 392 g/mol. The Kier molecular flexibility index (Phi) is 16.9. The van der Waals surface area contributed by atoms with Gasteiger partial charge in [-0.15, -0.1) is 0 Å². The van der Waals surface area contributed by atoms with E-state index in [-0.39, 0.29) is 6.10 Å². The summed E-state index contributed by atoms with van der Waals surface area (Å²) in [6.45, 7) is 4.33. The highest BCUT2D eigenvalue weighted by Gasteiger charge is 2.21. The van der Waals surface area contributed by atoms with Crippen LogP contribution in [0.4, 0.5) is 0 Å². The van der Waals surface area contributed by atoms with Gasteiger partial charge in [0.25, 0.3) is 10.1 Å². The van der Waals surface area contributed by atoms with Gasteiger partial charge in [0, 0.05) is 0 Å². The standard InChI is InChI=1S/C21H44O4S/c1-3-5-7-8-9-10-11-14-18-21(26(23,24)25)19-15-12-13-17-20(22)16-6-4-2/h20-22H,3-19H2,1-2H3,(H,23,24,25).